The SMILES string of the molecule is CC1CC(=O)C(C)C(C)([O-])O1. The molecule has 0 amide bonds. The van der Waals surface area contributed by atoms with Gasteiger partial charge in [-0.25, -0.2) is 0 Å². The van der Waals surface area contributed by atoms with Crippen molar-refractivity contribution in [3.05, 3.63) is 0 Å². The molecule has 0 N–H and O–H groups in total. The molecule has 3 atom stereocenters. The number of hydrogen-bond donors (Lipinski definition) is 0. The molecule has 3 heteroatoms. The Morgan fingerprint density at radius 3 is 2.64 bits per heavy atom. The van der Waals surface area contributed by atoms with Gasteiger partial charge in [-0.1, -0.05) is 13.8 Å². The zero-order valence-electron chi connectivity index (χ0n) is 7.09. The minimum Gasteiger partial charge on any atom is -0.828 e. The molecule has 1 rings (SSSR count). The topological polar surface area (TPSA) is 49.4 Å². The molecule has 3 unspecified atom stereocenters. The highest BCUT2D eigenvalue weighted by Crippen LogP contribution is 2.26. The summed E-state index contributed by atoms with van der Waals surface area (Å²) in [6.45, 7) is 4.80. The standard InChI is InChI=1S/C8H13O3/c1-5-4-7(9)6(2)8(3,10)11-5/h5-6H,4H2,1-3H3/q-1. The van der Waals surface area contributed by atoms with Crippen LogP contribution in [0.1, 0.15) is 27.2 Å². The average Bonchev–Trinajstić information content (AvgIpc) is 1.81. The first-order valence-corrected chi connectivity index (χ1v) is 3.84. The molecule has 1 aliphatic rings. The summed E-state index contributed by atoms with van der Waals surface area (Å²) in [5.74, 6) is -2.02. The van der Waals surface area contributed by atoms with Gasteiger partial charge in [0.05, 0.1) is 6.10 Å². The van der Waals surface area contributed by atoms with Crippen LogP contribution in [0.5, 0.6) is 0 Å². The van der Waals surface area contributed by atoms with Gasteiger partial charge in [0.1, 0.15) is 5.78 Å². The Labute approximate surface area is 66.4 Å². The zero-order valence-corrected chi connectivity index (χ0v) is 7.09. The molecule has 0 spiro atoms. The van der Waals surface area contributed by atoms with Crippen molar-refractivity contribution in [2.75, 3.05) is 0 Å². The molecular formula is C8H13O3-. The second-order valence-electron chi connectivity index (χ2n) is 3.34. The maximum absolute atomic E-state index is 11.4. The third-order valence-corrected chi connectivity index (χ3v) is 2.19. The van der Waals surface area contributed by atoms with Gasteiger partial charge in [0, 0.05) is 18.1 Å². The number of ether oxygens (including phenoxy) is 1. The molecule has 0 aromatic carbocycles. The molecular weight excluding hydrogens is 144 g/mol. The molecule has 11 heavy (non-hydrogen) atoms. The Kier molecular flexibility index (Phi) is 2.03. The maximum Gasteiger partial charge on any atom is 0.139 e. The summed E-state index contributed by atoms with van der Waals surface area (Å²) in [5, 5.41) is 11.4. The maximum atomic E-state index is 11.4. The lowest BCUT2D eigenvalue weighted by Gasteiger charge is -2.47. The Balaban J connectivity index is 2.75. The molecule has 64 valence electrons. The molecule has 1 saturated heterocycles. The van der Waals surface area contributed by atoms with Crippen molar-refractivity contribution in [3.63, 3.8) is 0 Å². The van der Waals surface area contributed by atoms with Crippen LogP contribution in [-0.2, 0) is 9.53 Å². The molecule has 0 radical (unpaired) electrons. The average molecular weight is 157 g/mol. The van der Waals surface area contributed by atoms with Gasteiger partial charge in [-0.3, -0.25) is 4.79 Å². The van der Waals surface area contributed by atoms with Crippen molar-refractivity contribution in [3.8, 4) is 0 Å². The summed E-state index contributed by atoms with van der Waals surface area (Å²) < 4.78 is 5.08. The number of ketones is 1. The summed E-state index contributed by atoms with van der Waals surface area (Å²) in [5.41, 5.74) is 0. The largest absolute Gasteiger partial charge is 0.828 e. The van der Waals surface area contributed by atoms with Gasteiger partial charge in [-0.05, 0) is 6.92 Å². The van der Waals surface area contributed by atoms with E-state index in [-0.39, 0.29) is 11.9 Å². The molecule has 1 fully saturated rings. The van der Waals surface area contributed by atoms with E-state index in [1.807, 2.05) is 0 Å². The first-order chi connectivity index (χ1) is 4.93. The normalized spacial score (nSPS) is 46.0. The molecule has 0 aromatic rings. The first-order valence-electron chi connectivity index (χ1n) is 3.84. The van der Waals surface area contributed by atoms with Crippen LogP contribution < -0.4 is 5.11 Å². The Morgan fingerprint density at radius 2 is 2.18 bits per heavy atom. The molecule has 0 aromatic heterocycles. The van der Waals surface area contributed by atoms with E-state index in [0.717, 1.165) is 0 Å². The molecule has 0 bridgehead atoms. The van der Waals surface area contributed by atoms with E-state index in [4.69, 9.17) is 4.74 Å². The van der Waals surface area contributed by atoms with Crippen LogP contribution >= 0.6 is 0 Å². The summed E-state index contributed by atoms with van der Waals surface area (Å²) in [6.07, 6.45) is 0.153. The van der Waals surface area contributed by atoms with Crippen molar-refractivity contribution >= 4 is 5.78 Å². The molecule has 0 aliphatic carbocycles. The quantitative estimate of drug-likeness (QED) is 0.500. The van der Waals surface area contributed by atoms with Crippen molar-refractivity contribution in [2.45, 2.75) is 39.1 Å². The van der Waals surface area contributed by atoms with Crippen LogP contribution in [0.4, 0.5) is 0 Å². The van der Waals surface area contributed by atoms with E-state index in [0.29, 0.717) is 6.42 Å². The number of Topliss-reactive ketones (excluding diaryl/α,β-unsaturated/α-hetero) is 1. The van der Waals surface area contributed by atoms with E-state index in [1.165, 1.54) is 6.92 Å². The Hall–Kier alpha value is -0.410. The fourth-order valence-corrected chi connectivity index (χ4v) is 1.30. The molecule has 1 aliphatic heterocycles. The van der Waals surface area contributed by atoms with Gasteiger partial charge in [0.2, 0.25) is 0 Å². The van der Waals surface area contributed by atoms with E-state index < -0.39 is 11.7 Å². The Bertz CT molecular complexity index is 174. The second-order valence-corrected chi connectivity index (χ2v) is 3.34. The summed E-state index contributed by atoms with van der Waals surface area (Å²) in [7, 11) is 0. The molecule has 0 saturated carbocycles. The van der Waals surface area contributed by atoms with Crippen LogP contribution in [0.25, 0.3) is 0 Å². The predicted octanol–water partition coefficient (Wildman–Crippen LogP) is 0.0769. The van der Waals surface area contributed by atoms with Crippen LogP contribution in [0.15, 0.2) is 0 Å². The van der Waals surface area contributed by atoms with Crippen molar-refractivity contribution in [1.82, 2.24) is 0 Å². The summed E-state index contributed by atoms with van der Waals surface area (Å²) in [6, 6.07) is 0. The van der Waals surface area contributed by atoms with Crippen LogP contribution in [0.3, 0.4) is 0 Å². The smallest absolute Gasteiger partial charge is 0.139 e. The fraction of sp³-hybridized carbons (Fsp3) is 0.875. The van der Waals surface area contributed by atoms with Gasteiger partial charge in [-0.15, -0.1) is 0 Å². The van der Waals surface area contributed by atoms with Gasteiger partial charge in [0.15, 0.2) is 0 Å². The fourth-order valence-electron chi connectivity index (χ4n) is 1.30. The van der Waals surface area contributed by atoms with Crippen molar-refractivity contribution in [2.24, 2.45) is 5.92 Å². The highest BCUT2D eigenvalue weighted by molar-refractivity contribution is 5.82. The highest BCUT2D eigenvalue weighted by atomic mass is 16.6. The van der Waals surface area contributed by atoms with Gasteiger partial charge in [0.25, 0.3) is 0 Å². The van der Waals surface area contributed by atoms with Gasteiger partial charge < -0.3 is 9.84 Å². The van der Waals surface area contributed by atoms with Gasteiger partial charge in [-0.2, -0.15) is 0 Å². The Morgan fingerprint density at radius 1 is 1.64 bits per heavy atom. The van der Waals surface area contributed by atoms with E-state index in [9.17, 15) is 9.90 Å². The summed E-state index contributed by atoms with van der Waals surface area (Å²) >= 11 is 0. The lowest BCUT2D eigenvalue weighted by atomic mass is 9.90. The lowest BCUT2D eigenvalue weighted by molar-refractivity contribution is -0.567. The van der Waals surface area contributed by atoms with Crippen LogP contribution in [0, 0.1) is 5.92 Å². The lowest BCUT2D eigenvalue weighted by Crippen LogP contribution is -2.57. The van der Waals surface area contributed by atoms with Crippen molar-refractivity contribution < 1.29 is 14.6 Å². The third kappa shape index (κ3) is 1.60. The highest BCUT2D eigenvalue weighted by Gasteiger charge is 2.33. The van der Waals surface area contributed by atoms with E-state index in [2.05, 4.69) is 0 Å². The minimum atomic E-state index is -1.52. The first kappa shape index (κ1) is 8.68. The number of hydrogen-bond acceptors (Lipinski definition) is 3. The number of carbonyl (C=O) groups excluding carboxylic acids is 1. The van der Waals surface area contributed by atoms with Crippen molar-refractivity contribution in [1.29, 1.82) is 0 Å². The second kappa shape index (κ2) is 2.57. The monoisotopic (exact) mass is 157 g/mol. The van der Waals surface area contributed by atoms with E-state index in [1.54, 1.807) is 13.8 Å². The number of carbonyl (C=O) groups is 1. The number of rotatable bonds is 0. The van der Waals surface area contributed by atoms with Crippen LogP contribution in [0.2, 0.25) is 0 Å². The minimum absolute atomic E-state index is 0.0150. The molecule has 1 heterocycles. The zero-order chi connectivity index (χ0) is 8.65. The summed E-state index contributed by atoms with van der Waals surface area (Å²) in [4.78, 5) is 11.1. The molecule has 3 nitrogen and oxygen atoms in total. The van der Waals surface area contributed by atoms with Crippen LogP contribution in [-0.4, -0.2) is 17.7 Å². The van der Waals surface area contributed by atoms with E-state index >= 15 is 0 Å². The predicted molar refractivity (Wildman–Crippen MR) is 37.7 cm³/mol. The third-order valence-electron chi connectivity index (χ3n) is 2.19. The van der Waals surface area contributed by atoms with Gasteiger partial charge >= 0.3 is 0 Å².